The molecule has 0 amide bonds. The SMILES string of the molecule is COCCOCC(O)CN(C)Cc1ccncc1. The maximum absolute atomic E-state index is 9.78. The van der Waals surface area contributed by atoms with Crippen molar-refractivity contribution in [2.75, 3.05) is 40.5 Å². The fraction of sp³-hybridized carbons (Fsp3) is 0.615. The van der Waals surface area contributed by atoms with Gasteiger partial charge in [0.2, 0.25) is 0 Å². The third-order valence-electron chi connectivity index (χ3n) is 2.47. The van der Waals surface area contributed by atoms with E-state index in [1.165, 1.54) is 5.56 Å². The highest BCUT2D eigenvalue weighted by Gasteiger charge is 2.08. The molecule has 5 nitrogen and oxygen atoms in total. The number of hydrogen-bond acceptors (Lipinski definition) is 5. The van der Waals surface area contributed by atoms with Crippen LogP contribution in [-0.2, 0) is 16.0 Å². The van der Waals surface area contributed by atoms with E-state index in [-0.39, 0.29) is 0 Å². The van der Waals surface area contributed by atoms with Crippen LogP contribution in [0.5, 0.6) is 0 Å². The lowest BCUT2D eigenvalue weighted by molar-refractivity contribution is 0.00161. The minimum atomic E-state index is -0.478. The molecule has 0 saturated carbocycles. The molecule has 0 aliphatic rings. The largest absolute Gasteiger partial charge is 0.389 e. The zero-order chi connectivity index (χ0) is 13.2. The van der Waals surface area contributed by atoms with Gasteiger partial charge in [0.15, 0.2) is 0 Å². The van der Waals surface area contributed by atoms with Crippen LogP contribution in [0.2, 0.25) is 0 Å². The van der Waals surface area contributed by atoms with Crippen LogP contribution < -0.4 is 0 Å². The molecule has 1 aromatic heterocycles. The van der Waals surface area contributed by atoms with E-state index in [0.29, 0.717) is 26.4 Å². The van der Waals surface area contributed by atoms with Crippen molar-refractivity contribution < 1.29 is 14.6 Å². The second-order valence-electron chi connectivity index (χ2n) is 4.27. The molecule has 0 aliphatic carbocycles. The summed E-state index contributed by atoms with van der Waals surface area (Å²) >= 11 is 0. The summed E-state index contributed by atoms with van der Waals surface area (Å²) in [6.45, 7) is 2.78. The van der Waals surface area contributed by atoms with Crippen LogP contribution in [0, 0.1) is 0 Å². The number of aliphatic hydroxyl groups excluding tert-OH is 1. The number of likely N-dealkylation sites (N-methyl/N-ethyl adjacent to an activating group) is 1. The lowest BCUT2D eigenvalue weighted by atomic mass is 10.2. The van der Waals surface area contributed by atoms with E-state index in [0.717, 1.165) is 6.54 Å². The molecule has 0 aliphatic heterocycles. The quantitative estimate of drug-likeness (QED) is 0.652. The van der Waals surface area contributed by atoms with E-state index in [1.807, 2.05) is 19.2 Å². The van der Waals surface area contributed by atoms with E-state index in [4.69, 9.17) is 9.47 Å². The zero-order valence-corrected chi connectivity index (χ0v) is 11.1. The summed E-state index contributed by atoms with van der Waals surface area (Å²) in [6.07, 6.45) is 3.06. The molecule has 0 saturated heterocycles. The minimum absolute atomic E-state index is 0.337. The Bertz CT molecular complexity index is 308. The van der Waals surface area contributed by atoms with Crippen LogP contribution in [0.4, 0.5) is 0 Å². The second-order valence-corrected chi connectivity index (χ2v) is 4.27. The van der Waals surface area contributed by atoms with Crippen molar-refractivity contribution in [3.63, 3.8) is 0 Å². The van der Waals surface area contributed by atoms with Crippen molar-refractivity contribution >= 4 is 0 Å². The Labute approximate surface area is 108 Å². The third kappa shape index (κ3) is 6.66. The minimum Gasteiger partial charge on any atom is -0.389 e. The van der Waals surface area contributed by atoms with Crippen molar-refractivity contribution in [2.24, 2.45) is 0 Å². The molecule has 1 unspecified atom stereocenters. The van der Waals surface area contributed by atoms with Gasteiger partial charge in [-0.2, -0.15) is 0 Å². The van der Waals surface area contributed by atoms with E-state index < -0.39 is 6.10 Å². The number of nitrogens with zero attached hydrogens (tertiary/aromatic N) is 2. The number of pyridine rings is 1. The van der Waals surface area contributed by atoms with Gasteiger partial charge in [-0.1, -0.05) is 0 Å². The number of hydrogen-bond donors (Lipinski definition) is 1. The molecule has 1 heterocycles. The summed E-state index contributed by atoms with van der Waals surface area (Å²) in [7, 11) is 3.60. The molecule has 1 aromatic rings. The van der Waals surface area contributed by atoms with E-state index in [2.05, 4.69) is 9.88 Å². The first kappa shape index (κ1) is 15.0. The summed E-state index contributed by atoms with van der Waals surface area (Å²) in [5.41, 5.74) is 1.18. The highest BCUT2D eigenvalue weighted by Crippen LogP contribution is 2.02. The number of rotatable bonds is 9. The summed E-state index contributed by atoms with van der Waals surface area (Å²) in [5.74, 6) is 0. The van der Waals surface area contributed by atoms with Crippen LogP contribution in [0.1, 0.15) is 5.56 Å². The number of ether oxygens (including phenoxy) is 2. The zero-order valence-electron chi connectivity index (χ0n) is 11.1. The summed E-state index contributed by atoms with van der Waals surface area (Å²) < 4.78 is 10.1. The normalized spacial score (nSPS) is 12.9. The van der Waals surface area contributed by atoms with Crippen molar-refractivity contribution in [3.05, 3.63) is 30.1 Å². The number of aliphatic hydroxyl groups is 1. The Kier molecular flexibility index (Phi) is 7.52. The monoisotopic (exact) mass is 254 g/mol. The Morgan fingerprint density at radius 1 is 1.33 bits per heavy atom. The van der Waals surface area contributed by atoms with Gasteiger partial charge in [0, 0.05) is 32.6 Å². The highest BCUT2D eigenvalue weighted by molar-refractivity contribution is 5.09. The molecule has 1 N–H and O–H groups in total. The Morgan fingerprint density at radius 2 is 2.06 bits per heavy atom. The predicted molar refractivity (Wildman–Crippen MR) is 69.3 cm³/mol. The van der Waals surface area contributed by atoms with Crippen LogP contribution in [0.3, 0.4) is 0 Å². The average molecular weight is 254 g/mol. The third-order valence-corrected chi connectivity index (χ3v) is 2.47. The van der Waals surface area contributed by atoms with Crippen LogP contribution >= 0.6 is 0 Å². The smallest absolute Gasteiger partial charge is 0.0900 e. The van der Waals surface area contributed by atoms with Gasteiger partial charge in [-0.25, -0.2) is 0 Å². The fourth-order valence-corrected chi connectivity index (χ4v) is 1.64. The first-order valence-corrected chi connectivity index (χ1v) is 6.04. The molecule has 1 rings (SSSR count). The summed E-state index contributed by atoms with van der Waals surface area (Å²) in [5, 5.41) is 9.78. The molecule has 102 valence electrons. The van der Waals surface area contributed by atoms with Crippen LogP contribution in [0.25, 0.3) is 0 Å². The predicted octanol–water partition coefficient (Wildman–Crippen LogP) is 0.537. The van der Waals surface area contributed by atoms with Gasteiger partial charge in [-0.15, -0.1) is 0 Å². The first-order chi connectivity index (χ1) is 8.72. The van der Waals surface area contributed by atoms with Crippen molar-refractivity contribution in [1.82, 2.24) is 9.88 Å². The molecular formula is C13H22N2O3. The van der Waals surface area contributed by atoms with Gasteiger partial charge in [0.25, 0.3) is 0 Å². The van der Waals surface area contributed by atoms with Gasteiger partial charge >= 0.3 is 0 Å². The average Bonchev–Trinajstić information content (AvgIpc) is 2.35. The molecule has 5 heteroatoms. The highest BCUT2D eigenvalue weighted by atomic mass is 16.5. The first-order valence-electron chi connectivity index (χ1n) is 6.04. The number of methoxy groups -OCH3 is 1. The molecule has 18 heavy (non-hydrogen) atoms. The maximum atomic E-state index is 9.78. The maximum Gasteiger partial charge on any atom is 0.0900 e. The van der Waals surface area contributed by atoms with E-state index in [1.54, 1.807) is 19.5 Å². The van der Waals surface area contributed by atoms with Gasteiger partial charge in [-0.3, -0.25) is 9.88 Å². The van der Waals surface area contributed by atoms with Crippen LogP contribution in [-0.4, -0.2) is 61.6 Å². The molecule has 0 spiro atoms. The molecule has 1 atom stereocenters. The Balaban J connectivity index is 2.17. The molecule has 0 fully saturated rings. The summed E-state index contributed by atoms with van der Waals surface area (Å²) in [4.78, 5) is 6.03. The van der Waals surface area contributed by atoms with Gasteiger partial charge < -0.3 is 14.6 Å². The van der Waals surface area contributed by atoms with E-state index >= 15 is 0 Å². The van der Waals surface area contributed by atoms with Gasteiger partial charge in [0.1, 0.15) is 0 Å². The Hall–Kier alpha value is -1.01. The van der Waals surface area contributed by atoms with Crippen molar-refractivity contribution in [2.45, 2.75) is 12.6 Å². The second kappa shape index (κ2) is 8.99. The van der Waals surface area contributed by atoms with E-state index in [9.17, 15) is 5.11 Å². The molecule has 0 radical (unpaired) electrons. The van der Waals surface area contributed by atoms with Crippen LogP contribution in [0.15, 0.2) is 24.5 Å². The van der Waals surface area contributed by atoms with Crippen molar-refractivity contribution in [1.29, 1.82) is 0 Å². The Morgan fingerprint density at radius 3 is 2.72 bits per heavy atom. The molecule has 0 bridgehead atoms. The topological polar surface area (TPSA) is 54.8 Å². The van der Waals surface area contributed by atoms with Gasteiger partial charge in [0.05, 0.1) is 25.9 Å². The van der Waals surface area contributed by atoms with Gasteiger partial charge in [-0.05, 0) is 24.7 Å². The standard InChI is InChI=1S/C13H22N2O3/c1-15(9-12-3-5-14-6-4-12)10-13(16)11-18-8-7-17-2/h3-6,13,16H,7-11H2,1-2H3. The lowest BCUT2D eigenvalue weighted by Crippen LogP contribution is -2.32. The molecule has 0 aromatic carbocycles. The lowest BCUT2D eigenvalue weighted by Gasteiger charge is -2.20. The number of aromatic nitrogens is 1. The van der Waals surface area contributed by atoms with Crippen molar-refractivity contribution in [3.8, 4) is 0 Å². The fourth-order valence-electron chi connectivity index (χ4n) is 1.64. The molecular weight excluding hydrogens is 232 g/mol. The summed E-state index contributed by atoms with van der Waals surface area (Å²) in [6, 6.07) is 3.94.